The van der Waals surface area contributed by atoms with E-state index in [1.807, 2.05) is 0 Å². The summed E-state index contributed by atoms with van der Waals surface area (Å²) in [7, 11) is 0. The van der Waals surface area contributed by atoms with Gasteiger partial charge in [0.15, 0.2) is 0 Å². The van der Waals surface area contributed by atoms with Crippen LogP contribution in [0.4, 0.5) is 0 Å². The molecule has 3 rings (SSSR count). The quantitative estimate of drug-likeness (QED) is 0.720. The zero-order valence-corrected chi connectivity index (χ0v) is 12.9. The van der Waals surface area contributed by atoms with E-state index in [1.165, 1.54) is 51.4 Å². The lowest BCUT2D eigenvalue weighted by Crippen LogP contribution is -2.28. The van der Waals surface area contributed by atoms with Crippen molar-refractivity contribution in [2.75, 3.05) is 6.54 Å². The predicted octanol–water partition coefficient (Wildman–Crippen LogP) is 5.19. The van der Waals surface area contributed by atoms with Gasteiger partial charge in [0.1, 0.15) is 0 Å². The normalized spacial score (nSPS) is 21.2. The van der Waals surface area contributed by atoms with Crippen molar-refractivity contribution in [3.8, 4) is 0 Å². The van der Waals surface area contributed by atoms with E-state index < -0.39 is 0 Å². The molecular formula is C19H29N. The lowest BCUT2D eigenvalue weighted by molar-refractivity contribution is 0.259. The van der Waals surface area contributed by atoms with Gasteiger partial charge >= 0.3 is 0 Å². The molecule has 1 heteroatoms. The lowest BCUT2D eigenvalue weighted by atomic mass is 9.74. The highest BCUT2D eigenvalue weighted by Crippen LogP contribution is 2.42. The second-order valence-corrected chi connectivity index (χ2v) is 6.80. The van der Waals surface area contributed by atoms with Gasteiger partial charge in [0.05, 0.1) is 0 Å². The predicted molar refractivity (Wildman–Crippen MR) is 86.0 cm³/mol. The third-order valence-corrected chi connectivity index (χ3v) is 5.35. The Hall–Kier alpha value is -0.820. The highest BCUT2D eigenvalue weighted by atomic mass is 14.9. The Morgan fingerprint density at radius 1 is 1.10 bits per heavy atom. The summed E-state index contributed by atoms with van der Waals surface area (Å²) in [6.07, 6.45) is 11.2. The van der Waals surface area contributed by atoms with Crippen molar-refractivity contribution in [3.63, 3.8) is 0 Å². The van der Waals surface area contributed by atoms with E-state index in [1.54, 1.807) is 11.1 Å². The summed E-state index contributed by atoms with van der Waals surface area (Å²) in [5, 5.41) is 3.83. The van der Waals surface area contributed by atoms with Gasteiger partial charge in [0, 0.05) is 6.04 Å². The van der Waals surface area contributed by atoms with Crippen LogP contribution in [0.25, 0.3) is 0 Å². The zero-order chi connectivity index (χ0) is 13.8. The maximum absolute atomic E-state index is 3.83. The molecule has 20 heavy (non-hydrogen) atoms. The molecule has 0 heterocycles. The average molecular weight is 271 g/mol. The Balaban J connectivity index is 1.77. The highest BCUT2D eigenvalue weighted by Gasteiger charge is 2.27. The van der Waals surface area contributed by atoms with Crippen LogP contribution in [0.15, 0.2) is 24.3 Å². The average Bonchev–Trinajstić information content (AvgIpc) is 2.36. The second-order valence-electron chi connectivity index (χ2n) is 6.80. The summed E-state index contributed by atoms with van der Waals surface area (Å²) < 4.78 is 0. The first-order valence-electron chi connectivity index (χ1n) is 8.70. The molecule has 2 fully saturated rings. The summed E-state index contributed by atoms with van der Waals surface area (Å²) in [4.78, 5) is 0. The molecule has 110 valence electrons. The summed E-state index contributed by atoms with van der Waals surface area (Å²) in [6, 6.07) is 9.84. The first kappa shape index (κ1) is 14.1. The van der Waals surface area contributed by atoms with Crippen molar-refractivity contribution in [2.24, 2.45) is 5.92 Å². The fourth-order valence-corrected chi connectivity index (χ4v) is 3.62. The van der Waals surface area contributed by atoms with Crippen LogP contribution < -0.4 is 5.32 Å². The Labute approximate surface area is 124 Å². The van der Waals surface area contributed by atoms with E-state index in [-0.39, 0.29) is 0 Å². The summed E-state index contributed by atoms with van der Waals surface area (Å²) in [5.74, 6) is 1.82. The first-order chi connectivity index (χ1) is 9.88. The van der Waals surface area contributed by atoms with Gasteiger partial charge in [-0.1, -0.05) is 56.9 Å². The van der Waals surface area contributed by atoms with Crippen molar-refractivity contribution in [1.29, 1.82) is 0 Å². The Morgan fingerprint density at radius 2 is 1.85 bits per heavy atom. The highest BCUT2D eigenvalue weighted by molar-refractivity contribution is 5.34. The van der Waals surface area contributed by atoms with Gasteiger partial charge < -0.3 is 5.32 Å². The minimum absolute atomic E-state index is 0.594. The van der Waals surface area contributed by atoms with Crippen LogP contribution in [0.1, 0.15) is 81.4 Å². The van der Waals surface area contributed by atoms with E-state index in [2.05, 4.69) is 36.5 Å². The number of benzene rings is 1. The molecule has 0 spiro atoms. The molecule has 0 radical (unpaired) electrons. The van der Waals surface area contributed by atoms with Crippen LogP contribution >= 0.6 is 0 Å². The molecule has 1 unspecified atom stereocenters. The molecule has 2 aliphatic rings. The van der Waals surface area contributed by atoms with Crippen molar-refractivity contribution >= 4 is 0 Å². The zero-order valence-electron chi connectivity index (χ0n) is 12.9. The van der Waals surface area contributed by atoms with Gasteiger partial charge in [-0.3, -0.25) is 0 Å². The van der Waals surface area contributed by atoms with Gasteiger partial charge in [-0.15, -0.1) is 0 Å². The minimum atomic E-state index is 0.594. The van der Waals surface area contributed by atoms with Crippen LogP contribution in [0.3, 0.4) is 0 Å². The molecule has 2 aliphatic carbocycles. The molecule has 0 amide bonds. The lowest BCUT2D eigenvalue weighted by Gasteiger charge is -2.34. The Morgan fingerprint density at radius 3 is 2.45 bits per heavy atom. The Kier molecular flexibility index (Phi) is 4.77. The monoisotopic (exact) mass is 271 g/mol. The summed E-state index contributed by atoms with van der Waals surface area (Å²) >= 11 is 0. The molecule has 1 N–H and O–H groups in total. The van der Waals surface area contributed by atoms with E-state index in [4.69, 9.17) is 0 Å². The van der Waals surface area contributed by atoms with Crippen molar-refractivity contribution in [2.45, 2.75) is 70.3 Å². The van der Waals surface area contributed by atoms with Crippen LogP contribution in [0, 0.1) is 5.92 Å². The SMILES string of the molecule is CCCNC(CC1CCC1)c1ccccc1C1CCC1. The molecule has 1 nitrogen and oxygen atoms in total. The van der Waals surface area contributed by atoms with Crippen LogP contribution in [-0.2, 0) is 0 Å². The number of hydrogen-bond acceptors (Lipinski definition) is 1. The van der Waals surface area contributed by atoms with E-state index >= 15 is 0 Å². The van der Waals surface area contributed by atoms with E-state index in [0.29, 0.717) is 6.04 Å². The third kappa shape index (κ3) is 3.09. The molecule has 0 aliphatic heterocycles. The molecule has 0 aromatic heterocycles. The van der Waals surface area contributed by atoms with E-state index in [0.717, 1.165) is 18.4 Å². The van der Waals surface area contributed by atoms with Gasteiger partial charge in [-0.2, -0.15) is 0 Å². The fraction of sp³-hybridized carbons (Fsp3) is 0.684. The summed E-state index contributed by atoms with van der Waals surface area (Å²) in [6.45, 7) is 3.42. The van der Waals surface area contributed by atoms with Gasteiger partial charge in [0.2, 0.25) is 0 Å². The number of rotatable bonds is 7. The maximum Gasteiger partial charge on any atom is 0.0325 e. The van der Waals surface area contributed by atoms with Gasteiger partial charge in [-0.25, -0.2) is 0 Å². The molecule has 2 saturated carbocycles. The van der Waals surface area contributed by atoms with E-state index in [9.17, 15) is 0 Å². The van der Waals surface area contributed by atoms with Crippen LogP contribution in [0.5, 0.6) is 0 Å². The molecule has 1 aromatic rings. The van der Waals surface area contributed by atoms with Crippen molar-refractivity contribution < 1.29 is 0 Å². The first-order valence-corrected chi connectivity index (χ1v) is 8.70. The topological polar surface area (TPSA) is 12.0 Å². The standard InChI is InChI=1S/C19H29N/c1-2-13-20-19(14-15-7-5-8-15)18-12-4-3-11-17(18)16-9-6-10-16/h3-4,11-12,15-16,19-20H,2,5-10,13-14H2,1H3. The number of hydrogen-bond donors (Lipinski definition) is 1. The molecular weight excluding hydrogens is 242 g/mol. The number of nitrogens with one attached hydrogen (secondary N) is 1. The molecule has 0 bridgehead atoms. The molecule has 1 aromatic carbocycles. The van der Waals surface area contributed by atoms with Crippen molar-refractivity contribution in [3.05, 3.63) is 35.4 Å². The van der Waals surface area contributed by atoms with Crippen molar-refractivity contribution in [1.82, 2.24) is 5.32 Å². The van der Waals surface area contributed by atoms with Gasteiger partial charge in [0.25, 0.3) is 0 Å². The smallest absolute Gasteiger partial charge is 0.0325 e. The van der Waals surface area contributed by atoms with Gasteiger partial charge in [-0.05, 0) is 55.2 Å². The van der Waals surface area contributed by atoms with Crippen LogP contribution in [-0.4, -0.2) is 6.54 Å². The molecule has 0 saturated heterocycles. The minimum Gasteiger partial charge on any atom is -0.310 e. The fourth-order valence-electron chi connectivity index (χ4n) is 3.62. The summed E-state index contributed by atoms with van der Waals surface area (Å²) in [5.41, 5.74) is 3.25. The third-order valence-electron chi connectivity index (χ3n) is 5.35. The molecule has 1 atom stereocenters. The Bertz CT molecular complexity index is 418. The second kappa shape index (κ2) is 6.76. The largest absolute Gasteiger partial charge is 0.310 e. The maximum atomic E-state index is 3.83. The van der Waals surface area contributed by atoms with Crippen LogP contribution in [0.2, 0.25) is 0 Å².